The molecule has 1 aromatic heterocycles. The number of nitrogens with two attached hydrogens (primary N) is 1. The van der Waals surface area contributed by atoms with Crippen LogP contribution in [-0.4, -0.2) is 39.6 Å². The van der Waals surface area contributed by atoms with Gasteiger partial charge in [0, 0.05) is 25.0 Å². The highest BCUT2D eigenvalue weighted by Crippen LogP contribution is 2.21. The first kappa shape index (κ1) is 17.1. The number of aromatic nitrogens is 2. The zero-order valence-corrected chi connectivity index (χ0v) is 14.4. The minimum Gasteiger partial charge on any atom is -0.369 e. The van der Waals surface area contributed by atoms with E-state index in [0.717, 1.165) is 0 Å². The van der Waals surface area contributed by atoms with Crippen molar-refractivity contribution in [3.8, 4) is 0 Å². The maximum Gasteiger partial charge on any atom is 0.274 e. The molecule has 2 N–H and O–H groups in total. The van der Waals surface area contributed by atoms with Gasteiger partial charge in [0.25, 0.3) is 11.5 Å². The third-order valence-electron chi connectivity index (χ3n) is 4.49. The number of fused-ring (bicyclic) bond motifs is 1. The zero-order valence-electron chi connectivity index (χ0n) is 14.4. The van der Waals surface area contributed by atoms with Crippen molar-refractivity contribution in [2.45, 2.75) is 26.8 Å². The molecule has 7 heteroatoms. The van der Waals surface area contributed by atoms with Crippen molar-refractivity contribution in [2.75, 3.05) is 13.1 Å². The molecule has 2 aromatic rings. The Morgan fingerprint density at radius 1 is 1.28 bits per heavy atom. The Kier molecular flexibility index (Phi) is 4.57. The van der Waals surface area contributed by atoms with Crippen LogP contribution in [0.5, 0.6) is 0 Å². The molecule has 1 unspecified atom stereocenters. The number of carbonyl (C=O) groups excluding carboxylic acids is 2. The molecule has 0 bridgehead atoms. The molecule has 1 atom stereocenters. The van der Waals surface area contributed by atoms with Crippen LogP contribution < -0.4 is 11.3 Å². The van der Waals surface area contributed by atoms with E-state index in [1.807, 2.05) is 13.8 Å². The van der Waals surface area contributed by atoms with Crippen LogP contribution in [0.25, 0.3) is 10.8 Å². The summed E-state index contributed by atoms with van der Waals surface area (Å²) in [6.45, 7) is 5.18. The first-order valence-electron chi connectivity index (χ1n) is 8.47. The van der Waals surface area contributed by atoms with Gasteiger partial charge in [0.15, 0.2) is 5.69 Å². The number of benzene rings is 1. The maximum absolute atomic E-state index is 13.0. The molecule has 2 amide bonds. The minimum atomic E-state index is -0.391. The Hall–Kier alpha value is -2.70. The summed E-state index contributed by atoms with van der Waals surface area (Å²) in [5.74, 6) is -0.757. The lowest BCUT2D eigenvalue weighted by Gasteiger charge is -2.18. The third kappa shape index (κ3) is 3.26. The van der Waals surface area contributed by atoms with E-state index in [0.29, 0.717) is 36.8 Å². The monoisotopic (exact) mass is 342 g/mol. The molecule has 0 saturated carbocycles. The predicted octanol–water partition coefficient (Wildman–Crippen LogP) is 1.000. The van der Waals surface area contributed by atoms with Crippen LogP contribution in [-0.2, 0) is 11.3 Å². The van der Waals surface area contributed by atoms with Crippen molar-refractivity contribution >= 4 is 22.6 Å². The number of hydrogen-bond acceptors (Lipinski definition) is 4. The predicted molar refractivity (Wildman–Crippen MR) is 94.0 cm³/mol. The van der Waals surface area contributed by atoms with E-state index in [4.69, 9.17) is 5.73 Å². The number of primary amides is 1. The molecule has 3 rings (SSSR count). The molecule has 1 aromatic carbocycles. The number of carbonyl (C=O) groups is 2. The third-order valence-corrected chi connectivity index (χ3v) is 4.49. The molecule has 0 aliphatic carbocycles. The SMILES string of the molecule is CC(C)Cn1nc(C(=O)N2CCC(C(N)=O)C2)c2ccccc2c1=O. The lowest BCUT2D eigenvalue weighted by molar-refractivity contribution is -0.121. The standard InChI is InChI=1S/C18H22N4O3/c1-11(2)9-22-17(24)14-6-4-3-5-13(14)15(20-22)18(25)21-8-7-12(10-21)16(19)23/h3-6,11-12H,7-10H2,1-2H3,(H2,19,23). The number of amides is 2. The lowest BCUT2D eigenvalue weighted by Crippen LogP contribution is -2.35. The van der Waals surface area contributed by atoms with Gasteiger partial charge in [0.1, 0.15) is 0 Å². The average Bonchev–Trinajstić information content (AvgIpc) is 3.07. The van der Waals surface area contributed by atoms with E-state index >= 15 is 0 Å². The first-order valence-corrected chi connectivity index (χ1v) is 8.47. The van der Waals surface area contributed by atoms with E-state index in [2.05, 4.69) is 5.10 Å². The molecule has 1 aliphatic heterocycles. The van der Waals surface area contributed by atoms with Crippen molar-refractivity contribution < 1.29 is 9.59 Å². The van der Waals surface area contributed by atoms with E-state index in [-0.39, 0.29) is 29.0 Å². The number of hydrogen-bond donors (Lipinski definition) is 1. The van der Waals surface area contributed by atoms with Gasteiger partial charge in [-0.1, -0.05) is 32.0 Å². The number of rotatable bonds is 4. The van der Waals surface area contributed by atoms with Crippen LogP contribution in [0.2, 0.25) is 0 Å². The molecule has 25 heavy (non-hydrogen) atoms. The van der Waals surface area contributed by atoms with Gasteiger partial charge in [-0.25, -0.2) is 4.68 Å². The van der Waals surface area contributed by atoms with Crippen molar-refractivity contribution in [3.05, 3.63) is 40.3 Å². The van der Waals surface area contributed by atoms with E-state index in [1.165, 1.54) is 4.68 Å². The molecule has 1 saturated heterocycles. The second kappa shape index (κ2) is 6.66. The molecule has 0 spiro atoms. The molecule has 0 radical (unpaired) electrons. The number of nitrogens with zero attached hydrogens (tertiary/aromatic N) is 3. The first-order chi connectivity index (χ1) is 11.9. The van der Waals surface area contributed by atoms with Gasteiger partial charge in [-0.05, 0) is 18.4 Å². The van der Waals surface area contributed by atoms with Gasteiger partial charge >= 0.3 is 0 Å². The van der Waals surface area contributed by atoms with Gasteiger partial charge in [0.2, 0.25) is 5.91 Å². The largest absolute Gasteiger partial charge is 0.369 e. The smallest absolute Gasteiger partial charge is 0.274 e. The van der Waals surface area contributed by atoms with E-state index in [9.17, 15) is 14.4 Å². The molecular weight excluding hydrogens is 320 g/mol. The quantitative estimate of drug-likeness (QED) is 0.896. The van der Waals surface area contributed by atoms with Crippen LogP contribution in [0.3, 0.4) is 0 Å². The fraction of sp³-hybridized carbons (Fsp3) is 0.444. The Morgan fingerprint density at radius 3 is 2.56 bits per heavy atom. The summed E-state index contributed by atoms with van der Waals surface area (Å²) >= 11 is 0. The summed E-state index contributed by atoms with van der Waals surface area (Å²) in [7, 11) is 0. The summed E-state index contributed by atoms with van der Waals surface area (Å²) in [6, 6.07) is 7.00. The summed E-state index contributed by atoms with van der Waals surface area (Å²) in [5, 5.41) is 5.37. The van der Waals surface area contributed by atoms with Crippen LogP contribution >= 0.6 is 0 Å². The average molecular weight is 342 g/mol. The normalized spacial score (nSPS) is 17.4. The molecule has 132 valence electrons. The lowest BCUT2D eigenvalue weighted by atomic mass is 10.1. The molecule has 1 fully saturated rings. The van der Waals surface area contributed by atoms with Crippen molar-refractivity contribution in [3.63, 3.8) is 0 Å². The van der Waals surface area contributed by atoms with Crippen molar-refractivity contribution in [1.29, 1.82) is 0 Å². The summed E-state index contributed by atoms with van der Waals surface area (Å²) < 4.78 is 1.36. The van der Waals surface area contributed by atoms with E-state index in [1.54, 1.807) is 29.2 Å². The zero-order chi connectivity index (χ0) is 18.1. The highest BCUT2D eigenvalue weighted by atomic mass is 16.2. The van der Waals surface area contributed by atoms with Crippen LogP contribution in [0, 0.1) is 11.8 Å². The van der Waals surface area contributed by atoms with Crippen LogP contribution in [0.15, 0.2) is 29.1 Å². The fourth-order valence-electron chi connectivity index (χ4n) is 3.19. The maximum atomic E-state index is 13.0. The molecule has 7 nitrogen and oxygen atoms in total. The Balaban J connectivity index is 2.06. The second-order valence-electron chi connectivity index (χ2n) is 6.91. The van der Waals surface area contributed by atoms with E-state index < -0.39 is 5.91 Å². The Bertz CT molecular complexity index is 888. The van der Waals surface area contributed by atoms with Gasteiger partial charge in [0.05, 0.1) is 11.3 Å². The molecule has 1 aliphatic rings. The van der Waals surface area contributed by atoms with Gasteiger partial charge in [-0.15, -0.1) is 0 Å². The second-order valence-corrected chi connectivity index (χ2v) is 6.91. The Morgan fingerprint density at radius 2 is 1.96 bits per heavy atom. The summed E-state index contributed by atoms with van der Waals surface area (Å²) in [5.41, 5.74) is 5.40. The van der Waals surface area contributed by atoms with Crippen molar-refractivity contribution in [2.24, 2.45) is 17.6 Å². The summed E-state index contributed by atoms with van der Waals surface area (Å²) in [4.78, 5) is 38.5. The van der Waals surface area contributed by atoms with Gasteiger partial charge in [-0.3, -0.25) is 14.4 Å². The van der Waals surface area contributed by atoms with Crippen molar-refractivity contribution in [1.82, 2.24) is 14.7 Å². The van der Waals surface area contributed by atoms with Gasteiger partial charge < -0.3 is 10.6 Å². The minimum absolute atomic E-state index is 0.197. The van der Waals surface area contributed by atoms with Crippen LogP contribution in [0.4, 0.5) is 0 Å². The highest BCUT2D eigenvalue weighted by Gasteiger charge is 2.32. The molecular formula is C18H22N4O3. The summed E-state index contributed by atoms with van der Waals surface area (Å²) in [6.07, 6.45) is 0.560. The van der Waals surface area contributed by atoms with Crippen LogP contribution in [0.1, 0.15) is 30.8 Å². The Labute approximate surface area is 145 Å². The highest BCUT2D eigenvalue weighted by molar-refractivity contribution is 6.05. The fourth-order valence-corrected chi connectivity index (χ4v) is 3.19. The van der Waals surface area contributed by atoms with Gasteiger partial charge in [-0.2, -0.15) is 5.10 Å². The number of likely N-dealkylation sites (tertiary alicyclic amines) is 1. The topological polar surface area (TPSA) is 98.3 Å². The molecule has 2 heterocycles.